The van der Waals surface area contributed by atoms with E-state index in [9.17, 15) is 0 Å². The van der Waals surface area contributed by atoms with Crippen LogP contribution in [0, 0.1) is 0 Å². The molecule has 0 atom stereocenters. The Morgan fingerprint density at radius 2 is 0.600 bits per heavy atom. The molecule has 0 aromatic rings. The standard InChI is InChI=1S/4H2O.Rh/h4*1H2;/q;;;;+3/p-3. The van der Waals surface area contributed by atoms with E-state index in [2.05, 4.69) is 0 Å². The van der Waals surface area contributed by atoms with E-state index in [0.717, 1.165) is 0 Å². The fourth-order valence-corrected chi connectivity index (χ4v) is 0. The summed E-state index contributed by atoms with van der Waals surface area (Å²) >= 11 is 0. The van der Waals surface area contributed by atoms with Crippen LogP contribution in [0.1, 0.15) is 0 Å². The van der Waals surface area contributed by atoms with Gasteiger partial charge in [-0.2, -0.15) is 0 Å². The largest absolute Gasteiger partial charge is 3.00 e. The Hall–Kier alpha value is 0.463. The maximum Gasteiger partial charge on any atom is 3.00 e. The molecular formula is H5O4Rh. The van der Waals surface area contributed by atoms with Crippen LogP contribution in [0.5, 0.6) is 0 Å². The summed E-state index contributed by atoms with van der Waals surface area (Å²) in [5.74, 6) is 0. The van der Waals surface area contributed by atoms with Crippen molar-refractivity contribution in [3.05, 3.63) is 0 Å². The fourth-order valence-electron chi connectivity index (χ4n) is 0. The Kier molecular flexibility index (Phi) is 25300. The van der Waals surface area contributed by atoms with Gasteiger partial charge in [0, 0.05) is 0 Å². The maximum atomic E-state index is 0. The van der Waals surface area contributed by atoms with Crippen LogP contribution in [0.15, 0.2) is 0 Å². The maximum absolute atomic E-state index is 0. The summed E-state index contributed by atoms with van der Waals surface area (Å²) in [5.41, 5.74) is 0. The van der Waals surface area contributed by atoms with E-state index in [0.29, 0.717) is 0 Å². The smallest absolute Gasteiger partial charge is 0.870 e. The Labute approximate surface area is 42.2 Å². The predicted octanol–water partition coefficient (Wildman–Crippen LogP) is -1.36. The molecule has 0 unspecified atom stereocenters. The van der Waals surface area contributed by atoms with E-state index < -0.39 is 0 Å². The second-order valence-corrected chi connectivity index (χ2v) is 0. The zero-order valence-corrected chi connectivity index (χ0v) is 3.81. The molecule has 0 amide bonds. The van der Waals surface area contributed by atoms with Crippen molar-refractivity contribution in [1.29, 1.82) is 0 Å². The molecule has 0 aromatic heterocycles. The van der Waals surface area contributed by atoms with Gasteiger partial charge in [0.15, 0.2) is 0 Å². The monoisotopic (exact) mass is 172 g/mol. The van der Waals surface area contributed by atoms with E-state index >= 15 is 0 Å². The van der Waals surface area contributed by atoms with Gasteiger partial charge in [-0.05, 0) is 0 Å². The molecule has 0 rings (SSSR count). The minimum atomic E-state index is 0. The Bertz CT molecular complexity index is 3.61. The van der Waals surface area contributed by atoms with Crippen molar-refractivity contribution in [2.75, 3.05) is 0 Å². The molecule has 0 fully saturated rings. The van der Waals surface area contributed by atoms with E-state index in [-0.39, 0.29) is 41.4 Å². The quantitative estimate of drug-likeness (QED) is 0.419. The van der Waals surface area contributed by atoms with Gasteiger partial charge in [0.1, 0.15) is 0 Å². The molecule has 0 radical (unpaired) electrons. The number of hydrogen-bond acceptors (Lipinski definition) is 3. The summed E-state index contributed by atoms with van der Waals surface area (Å²) < 4.78 is 0. The molecule has 0 aliphatic rings. The molecule has 0 saturated heterocycles. The Morgan fingerprint density at radius 1 is 0.600 bits per heavy atom. The first-order valence-electron chi connectivity index (χ1n) is 0. The van der Waals surface area contributed by atoms with Crippen molar-refractivity contribution in [3.63, 3.8) is 0 Å². The van der Waals surface area contributed by atoms with E-state index in [1.807, 2.05) is 0 Å². The summed E-state index contributed by atoms with van der Waals surface area (Å²) in [6.45, 7) is 0. The Balaban J connectivity index is 0. The predicted molar refractivity (Wildman–Crippen MR) is 9.42 cm³/mol. The molecule has 5 N–H and O–H groups in total. The summed E-state index contributed by atoms with van der Waals surface area (Å²) in [7, 11) is 0. The first kappa shape index (κ1) is 507. The van der Waals surface area contributed by atoms with E-state index in [4.69, 9.17) is 0 Å². The van der Waals surface area contributed by atoms with Gasteiger partial charge in [0.2, 0.25) is 0 Å². The van der Waals surface area contributed by atoms with Crippen molar-refractivity contribution >= 4 is 0 Å². The van der Waals surface area contributed by atoms with Crippen LogP contribution in [0.4, 0.5) is 0 Å². The van der Waals surface area contributed by atoms with Gasteiger partial charge in [-0.1, -0.05) is 0 Å². The van der Waals surface area contributed by atoms with E-state index in [1.165, 1.54) is 0 Å². The Morgan fingerprint density at radius 3 is 0.600 bits per heavy atom. The van der Waals surface area contributed by atoms with E-state index in [1.54, 1.807) is 0 Å². The topological polar surface area (TPSA) is 122 Å². The van der Waals surface area contributed by atoms with Crippen molar-refractivity contribution in [1.82, 2.24) is 0 Å². The molecule has 5 heteroatoms. The van der Waals surface area contributed by atoms with Gasteiger partial charge in [-0.3, -0.25) is 0 Å². The zero-order valence-electron chi connectivity index (χ0n) is 2.17. The molecule has 0 saturated carbocycles. The summed E-state index contributed by atoms with van der Waals surface area (Å²) in [4.78, 5) is 0. The van der Waals surface area contributed by atoms with Gasteiger partial charge < -0.3 is 21.9 Å². The first-order chi connectivity index (χ1) is 0. The molecule has 5 heavy (non-hydrogen) atoms. The number of rotatable bonds is 0. The molecule has 0 spiro atoms. The van der Waals surface area contributed by atoms with Crippen LogP contribution in [0.2, 0.25) is 0 Å². The van der Waals surface area contributed by atoms with Crippen LogP contribution >= 0.6 is 0 Å². The van der Waals surface area contributed by atoms with Crippen molar-refractivity contribution in [2.24, 2.45) is 0 Å². The fraction of sp³-hybridized carbons (Fsp3) is 0. The van der Waals surface area contributed by atoms with Gasteiger partial charge in [0.05, 0.1) is 0 Å². The second kappa shape index (κ2) is 249. The molecular weight excluding hydrogens is 167 g/mol. The van der Waals surface area contributed by atoms with Gasteiger partial charge in [-0.25, -0.2) is 0 Å². The molecule has 0 aliphatic heterocycles. The minimum Gasteiger partial charge on any atom is -0.870 e. The molecule has 38 valence electrons. The van der Waals surface area contributed by atoms with Crippen LogP contribution in [-0.2, 0) is 19.5 Å². The van der Waals surface area contributed by atoms with Gasteiger partial charge >= 0.3 is 19.5 Å². The third-order valence-electron chi connectivity index (χ3n) is 0. The molecule has 4 nitrogen and oxygen atoms in total. The van der Waals surface area contributed by atoms with Gasteiger partial charge in [-0.15, -0.1) is 0 Å². The average molecular weight is 172 g/mol. The summed E-state index contributed by atoms with van der Waals surface area (Å²) in [6, 6.07) is 0. The normalized spacial score (nSPS) is 0. The minimum absolute atomic E-state index is 0. The molecule has 0 bridgehead atoms. The van der Waals surface area contributed by atoms with Crippen LogP contribution in [0.25, 0.3) is 0 Å². The summed E-state index contributed by atoms with van der Waals surface area (Å²) in [6.07, 6.45) is 0. The van der Waals surface area contributed by atoms with Crippen LogP contribution in [0.3, 0.4) is 0 Å². The first-order valence-corrected chi connectivity index (χ1v) is 0. The third-order valence-corrected chi connectivity index (χ3v) is 0. The third kappa shape index (κ3) is 126. The van der Waals surface area contributed by atoms with Crippen LogP contribution in [-0.4, -0.2) is 21.9 Å². The summed E-state index contributed by atoms with van der Waals surface area (Å²) in [5, 5.41) is 0. The van der Waals surface area contributed by atoms with Crippen molar-refractivity contribution < 1.29 is 41.4 Å². The SMILES string of the molecule is O.[OH-].[OH-].[OH-].[Rh+3]. The molecule has 0 aromatic carbocycles. The van der Waals surface area contributed by atoms with Gasteiger partial charge in [0.25, 0.3) is 0 Å². The zero-order chi connectivity index (χ0) is 0. The van der Waals surface area contributed by atoms with Crippen molar-refractivity contribution in [2.45, 2.75) is 0 Å². The average Bonchev–Trinajstić information content (AvgIpc) is 0. The van der Waals surface area contributed by atoms with Crippen LogP contribution < -0.4 is 0 Å². The molecule has 0 aliphatic carbocycles. The second-order valence-electron chi connectivity index (χ2n) is 0. The molecule has 0 heterocycles. The number of hydrogen-bond donors (Lipinski definition) is 0. The van der Waals surface area contributed by atoms with Crippen molar-refractivity contribution in [3.8, 4) is 0 Å².